The molecular weight excluding hydrogens is 426 g/mol. The molecule has 0 saturated carbocycles. The van der Waals surface area contributed by atoms with Crippen molar-refractivity contribution in [3.8, 4) is 0 Å². The van der Waals surface area contributed by atoms with E-state index in [0.29, 0.717) is 17.7 Å². The molecule has 1 amide bonds. The van der Waals surface area contributed by atoms with Gasteiger partial charge < -0.3 is 14.1 Å². The maximum Gasteiger partial charge on any atom is 0.374 e. The molecule has 2 heterocycles. The molecule has 1 aromatic heterocycles. The Morgan fingerprint density at radius 1 is 1.14 bits per heavy atom. The standard InChI is InChI=1S/C16H17N3O8S2/c1-9-6-10-7-11(28(17,22)23)2-3-12(10)19(9)14(20)8-26-16(21)13-4-5-15(27-13)29(18,24)25/h2-5,7,9H,6,8H2,1H3,(H2,17,22,23)(H2,18,24,25). The van der Waals surface area contributed by atoms with Crippen molar-refractivity contribution in [2.45, 2.75) is 29.4 Å². The number of fused-ring (bicyclic) bond motifs is 1. The van der Waals surface area contributed by atoms with Crippen LogP contribution in [0.4, 0.5) is 5.69 Å². The molecule has 29 heavy (non-hydrogen) atoms. The quantitative estimate of drug-likeness (QED) is 0.591. The maximum atomic E-state index is 12.6. The highest BCUT2D eigenvalue weighted by Gasteiger charge is 2.32. The van der Waals surface area contributed by atoms with E-state index >= 15 is 0 Å². The van der Waals surface area contributed by atoms with Gasteiger partial charge in [0.25, 0.3) is 15.9 Å². The number of ether oxygens (including phenoxy) is 1. The minimum Gasteiger partial charge on any atom is -0.450 e. The predicted octanol–water partition coefficient (Wildman–Crippen LogP) is -0.291. The molecule has 0 radical (unpaired) electrons. The first-order valence-electron chi connectivity index (χ1n) is 8.15. The first kappa shape index (κ1) is 21.0. The molecule has 1 atom stereocenters. The smallest absolute Gasteiger partial charge is 0.374 e. The zero-order valence-corrected chi connectivity index (χ0v) is 16.7. The molecule has 13 heteroatoms. The lowest BCUT2D eigenvalue weighted by atomic mass is 10.1. The van der Waals surface area contributed by atoms with Gasteiger partial charge in [0.15, 0.2) is 6.61 Å². The molecule has 0 fully saturated rings. The number of hydrogen-bond donors (Lipinski definition) is 2. The van der Waals surface area contributed by atoms with Gasteiger partial charge in [-0.3, -0.25) is 4.79 Å². The van der Waals surface area contributed by atoms with Crippen LogP contribution in [0.5, 0.6) is 0 Å². The van der Waals surface area contributed by atoms with Crippen molar-refractivity contribution in [3.05, 3.63) is 41.7 Å². The Bertz CT molecular complexity index is 1200. The van der Waals surface area contributed by atoms with Crippen LogP contribution in [0.15, 0.2) is 44.7 Å². The number of rotatable bonds is 5. The van der Waals surface area contributed by atoms with Crippen LogP contribution >= 0.6 is 0 Å². The number of benzene rings is 1. The highest BCUT2D eigenvalue weighted by Crippen LogP contribution is 2.33. The van der Waals surface area contributed by atoms with Crippen molar-refractivity contribution in [2.24, 2.45) is 10.3 Å². The van der Waals surface area contributed by atoms with E-state index in [1.807, 2.05) is 0 Å². The van der Waals surface area contributed by atoms with Gasteiger partial charge in [-0.15, -0.1) is 0 Å². The SMILES string of the molecule is CC1Cc2cc(S(N)(=O)=O)ccc2N1C(=O)COC(=O)c1ccc(S(N)(=O)=O)o1. The van der Waals surface area contributed by atoms with Gasteiger partial charge in [-0.25, -0.2) is 31.9 Å². The summed E-state index contributed by atoms with van der Waals surface area (Å²) in [6.45, 7) is 1.12. The lowest BCUT2D eigenvalue weighted by Gasteiger charge is -2.22. The molecule has 0 spiro atoms. The van der Waals surface area contributed by atoms with Crippen LogP contribution in [0.1, 0.15) is 23.0 Å². The monoisotopic (exact) mass is 443 g/mol. The third kappa shape index (κ3) is 4.32. The number of carbonyl (C=O) groups excluding carboxylic acids is 2. The van der Waals surface area contributed by atoms with Crippen LogP contribution in [0.3, 0.4) is 0 Å². The molecule has 156 valence electrons. The number of sulfonamides is 2. The van der Waals surface area contributed by atoms with E-state index in [1.54, 1.807) is 6.92 Å². The van der Waals surface area contributed by atoms with Crippen LogP contribution < -0.4 is 15.2 Å². The summed E-state index contributed by atoms with van der Waals surface area (Å²) < 4.78 is 55.0. The lowest BCUT2D eigenvalue weighted by molar-refractivity contribution is -0.122. The van der Waals surface area contributed by atoms with Crippen molar-refractivity contribution < 1.29 is 35.6 Å². The number of nitrogens with zero attached hydrogens (tertiary/aromatic N) is 1. The van der Waals surface area contributed by atoms with Gasteiger partial charge in [0, 0.05) is 11.7 Å². The second-order valence-corrected chi connectivity index (χ2v) is 9.45. The second kappa shape index (κ2) is 7.26. The molecule has 0 saturated heterocycles. The second-order valence-electron chi connectivity index (χ2n) is 6.39. The number of amides is 1. The van der Waals surface area contributed by atoms with Gasteiger partial charge in [0.2, 0.25) is 20.9 Å². The molecule has 0 bridgehead atoms. The molecule has 2 aromatic rings. The fourth-order valence-corrected chi connectivity index (χ4v) is 4.04. The first-order chi connectivity index (χ1) is 13.4. The summed E-state index contributed by atoms with van der Waals surface area (Å²) in [7, 11) is -7.99. The topological polar surface area (TPSA) is 180 Å². The van der Waals surface area contributed by atoms with Crippen molar-refractivity contribution in [3.63, 3.8) is 0 Å². The Labute approximate surface area is 166 Å². The maximum absolute atomic E-state index is 12.6. The van der Waals surface area contributed by atoms with E-state index in [1.165, 1.54) is 23.1 Å². The summed E-state index contributed by atoms with van der Waals surface area (Å²) in [5.41, 5.74) is 1.10. The molecule has 0 aliphatic carbocycles. The molecule has 1 aliphatic heterocycles. The van der Waals surface area contributed by atoms with E-state index in [4.69, 9.17) is 19.4 Å². The van der Waals surface area contributed by atoms with Crippen LogP contribution in [0.2, 0.25) is 0 Å². The van der Waals surface area contributed by atoms with Gasteiger partial charge in [-0.2, -0.15) is 0 Å². The van der Waals surface area contributed by atoms with Gasteiger partial charge >= 0.3 is 5.97 Å². The molecular formula is C16H17N3O8S2. The van der Waals surface area contributed by atoms with Crippen molar-refractivity contribution >= 4 is 37.6 Å². The van der Waals surface area contributed by atoms with Crippen LogP contribution in [-0.2, 0) is 36.0 Å². The average molecular weight is 443 g/mol. The number of primary sulfonamides is 2. The number of hydrogen-bond acceptors (Lipinski definition) is 8. The van der Waals surface area contributed by atoms with E-state index in [2.05, 4.69) is 0 Å². The molecule has 3 rings (SSSR count). The largest absolute Gasteiger partial charge is 0.450 e. The van der Waals surface area contributed by atoms with E-state index < -0.39 is 49.4 Å². The van der Waals surface area contributed by atoms with Crippen molar-refractivity contribution in [2.75, 3.05) is 11.5 Å². The highest BCUT2D eigenvalue weighted by molar-refractivity contribution is 7.89. The van der Waals surface area contributed by atoms with Gasteiger partial charge in [-0.1, -0.05) is 0 Å². The summed E-state index contributed by atoms with van der Waals surface area (Å²) in [5, 5.41) is 9.41. The van der Waals surface area contributed by atoms with E-state index in [9.17, 15) is 26.4 Å². The number of furan rings is 1. The highest BCUT2D eigenvalue weighted by atomic mass is 32.2. The average Bonchev–Trinajstić information content (AvgIpc) is 3.21. The number of esters is 1. The Morgan fingerprint density at radius 3 is 2.41 bits per heavy atom. The minimum atomic E-state index is -4.12. The van der Waals surface area contributed by atoms with Gasteiger partial charge in [0.05, 0.1) is 4.90 Å². The van der Waals surface area contributed by atoms with E-state index in [0.717, 1.165) is 12.1 Å². The summed E-state index contributed by atoms with van der Waals surface area (Å²) in [5.74, 6) is -2.01. The minimum absolute atomic E-state index is 0.0624. The van der Waals surface area contributed by atoms with Crippen LogP contribution in [0, 0.1) is 0 Å². The third-order valence-corrected chi connectivity index (χ3v) is 5.94. The number of carbonyl (C=O) groups is 2. The Morgan fingerprint density at radius 2 is 1.83 bits per heavy atom. The summed E-state index contributed by atoms with van der Waals surface area (Å²) in [4.78, 5) is 25.9. The molecule has 1 unspecified atom stereocenters. The third-order valence-electron chi connectivity index (χ3n) is 4.25. The first-order valence-corrected chi connectivity index (χ1v) is 11.2. The lowest BCUT2D eigenvalue weighted by Crippen LogP contribution is -2.38. The normalized spacial score (nSPS) is 16.5. The Hall–Kier alpha value is -2.74. The van der Waals surface area contributed by atoms with Crippen LogP contribution in [-0.4, -0.2) is 41.4 Å². The fraction of sp³-hybridized carbons (Fsp3) is 0.250. The molecule has 11 nitrogen and oxygen atoms in total. The molecule has 1 aliphatic rings. The number of nitrogens with two attached hydrogens (primary N) is 2. The van der Waals surface area contributed by atoms with Crippen molar-refractivity contribution in [1.29, 1.82) is 0 Å². The number of anilines is 1. The van der Waals surface area contributed by atoms with E-state index in [-0.39, 0.29) is 10.9 Å². The summed E-state index contributed by atoms with van der Waals surface area (Å²) >= 11 is 0. The molecule has 4 N–H and O–H groups in total. The fourth-order valence-electron chi connectivity index (χ4n) is 3.02. The summed E-state index contributed by atoms with van der Waals surface area (Å²) in [6.07, 6.45) is 0.397. The van der Waals surface area contributed by atoms with Gasteiger partial charge in [0.1, 0.15) is 0 Å². The summed E-state index contributed by atoms with van der Waals surface area (Å²) in [6, 6.07) is 5.91. The zero-order chi connectivity index (χ0) is 21.6. The molecule has 1 aromatic carbocycles. The Balaban J connectivity index is 1.72. The predicted molar refractivity (Wildman–Crippen MR) is 98.8 cm³/mol. The van der Waals surface area contributed by atoms with Gasteiger partial charge in [-0.05, 0) is 49.2 Å². The Kier molecular flexibility index (Phi) is 5.25. The zero-order valence-electron chi connectivity index (χ0n) is 15.1. The van der Waals surface area contributed by atoms with Crippen LogP contribution in [0.25, 0.3) is 0 Å². The van der Waals surface area contributed by atoms with Crippen molar-refractivity contribution in [1.82, 2.24) is 0 Å².